The van der Waals surface area contributed by atoms with Gasteiger partial charge in [0.25, 0.3) is 0 Å². The molecule has 38 valence electrons. The van der Waals surface area contributed by atoms with E-state index in [0.29, 0.717) is 0 Å². The molecule has 0 unspecified atom stereocenters. The number of carboxylic acid groups (broad SMARTS) is 2. The molecule has 0 aliphatic rings. The first-order valence-corrected chi connectivity index (χ1v) is 1.06. The van der Waals surface area contributed by atoms with E-state index in [9.17, 15) is 0 Å². The van der Waals surface area contributed by atoms with Gasteiger partial charge in [0.2, 0.25) is 0 Å². The van der Waals surface area contributed by atoms with E-state index >= 15 is 0 Å². The Hall–Kier alpha value is 1.23. The molecule has 4 nitrogen and oxygen atoms in total. The Balaban J connectivity index is -0.0000000183. The van der Waals surface area contributed by atoms with Gasteiger partial charge in [0.15, 0.2) is 0 Å². The molecule has 0 fully saturated rings. The number of carbonyl (C=O) groups excluding carboxylic acids is 1. The summed E-state index contributed by atoms with van der Waals surface area (Å²) in [6.07, 6.45) is -2.33. The van der Waals surface area contributed by atoms with Gasteiger partial charge in [0, 0.05) is 7.11 Å². The van der Waals surface area contributed by atoms with E-state index in [2.05, 4.69) is 0 Å². The summed E-state index contributed by atoms with van der Waals surface area (Å²) in [6, 6.07) is 0. The van der Waals surface area contributed by atoms with Crippen LogP contribution in [0.3, 0.4) is 0 Å². The quantitative estimate of drug-likeness (QED) is 0.337. The van der Waals surface area contributed by atoms with Crippen LogP contribution >= 0.6 is 0 Å². The van der Waals surface area contributed by atoms with Gasteiger partial charge < -0.3 is 20.1 Å². The molecule has 0 amide bonds. The molecule has 0 heterocycles. The Bertz CT molecular complexity index is 35.0. The molecule has 0 aromatic heterocycles. The topological polar surface area (TPSA) is 83.4 Å². The van der Waals surface area contributed by atoms with Crippen molar-refractivity contribution in [1.82, 2.24) is 0 Å². The molecule has 0 radical (unpaired) electrons. The maximum atomic E-state index is 8.33. The minimum atomic E-state index is -2.33. The summed E-state index contributed by atoms with van der Waals surface area (Å²) in [5.41, 5.74) is 0. The molecule has 0 spiro atoms. The average molecular weight is 138 g/mol. The normalized spacial score (nSPS) is 3.75. The van der Waals surface area contributed by atoms with Crippen molar-refractivity contribution in [3.8, 4) is 0 Å². The van der Waals surface area contributed by atoms with E-state index in [4.69, 9.17) is 20.1 Å². The summed E-state index contributed by atoms with van der Waals surface area (Å²) in [5.74, 6) is 0. The van der Waals surface area contributed by atoms with Gasteiger partial charge in [0.1, 0.15) is 0 Å². The first-order chi connectivity index (χ1) is 2.73. The van der Waals surface area contributed by atoms with E-state index < -0.39 is 6.16 Å². The van der Waals surface area contributed by atoms with Gasteiger partial charge in [-0.05, 0) is 6.16 Å². The second-order valence-corrected chi connectivity index (χ2v) is 0.250. The first kappa shape index (κ1) is 22.9. The van der Waals surface area contributed by atoms with Gasteiger partial charge in [-0.3, -0.25) is 0 Å². The van der Waals surface area contributed by atoms with Gasteiger partial charge in [-0.1, -0.05) is 0 Å². The van der Waals surface area contributed by atoms with Gasteiger partial charge in [0.05, 0.1) is 0 Å². The van der Waals surface area contributed by atoms with Crippen molar-refractivity contribution in [2.45, 2.75) is 0 Å². The Morgan fingerprint density at radius 2 is 1.25 bits per heavy atom. The number of aliphatic hydroxyl groups excluding tert-OH is 1. The molecular formula is C2H4Na2O4. The standard InChI is InChI=1S/CH2O3.CH4O.2Na/c2-1(3)4;1-2;;/h(H2,2,3,4);2H,1H3;;/q;;2*+1/p-2. The van der Waals surface area contributed by atoms with Crippen LogP contribution in [0.2, 0.25) is 0 Å². The van der Waals surface area contributed by atoms with Crippen LogP contribution < -0.4 is 69.3 Å². The van der Waals surface area contributed by atoms with Crippen molar-refractivity contribution in [2.24, 2.45) is 0 Å². The fraction of sp³-hybridized carbons (Fsp3) is 0.500. The smallest absolute Gasteiger partial charge is 0.652 e. The maximum Gasteiger partial charge on any atom is 1.00 e. The largest absolute Gasteiger partial charge is 1.00 e. The molecule has 1 N–H and O–H groups in total. The molecule has 0 aliphatic heterocycles. The SMILES string of the molecule is CO.O=C([O-])[O-].[Na+].[Na+]. The summed E-state index contributed by atoms with van der Waals surface area (Å²) in [5, 5.41) is 23.7. The molecular weight excluding hydrogens is 134 g/mol. The van der Waals surface area contributed by atoms with E-state index in [1.165, 1.54) is 0 Å². The average Bonchev–Trinajstić information content (AvgIpc) is 1.41. The number of hydrogen-bond donors (Lipinski definition) is 1. The summed E-state index contributed by atoms with van der Waals surface area (Å²) < 4.78 is 0. The Kier molecular flexibility index (Phi) is 68.7. The molecule has 0 aliphatic carbocycles. The zero-order valence-electron chi connectivity index (χ0n) is 5.17. The third kappa shape index (κ3) is 185. The number of rotatable bonds is 0. The number of hydrogen-bond acceptors (Lipinski definition) is 4. The molecule has 0 saturated carbocycles. The molecule has 0 bridgehead atoms. The van der Waals surface area contributed by atoms with E-state index in [1.54, 1.807) is 0 Å². The Labute approximate surface area is 91.5 Å². The van der Waals surface area contributed by atoms with Crippen LogP contribution in [0.4, 0.5) is 4.79 Å². The third-order valence-electron chi connectivity index (χ3n) is 0. The zero-order chi connectivity index (χ0) is 5.58. The molecule has 6 heteroatoms. The van der Waals surface area contributed by atoms with Gasteiger partial charge >= 0.3 is 59.1 Å². The van der Waals surface area contributed by atoms with E-state index in [0.717, 1.165) is 7.11 Å². The molecule has 0 aromatic carbocycles. The molecule has 0 atom stereocenters. The van der Waals surface area contributed by atoms with Crippen LogP contribution in [0.15, 0.2) is 0 Å². The summed E-state index contributed by atoms with van der Waals surface area (Å²) in [4.78, 5) is 8.33. The fourth-order valence-electron chi connectivity index (χ4n) is 0. The number of aliphatic hydroxyl groups is 1. The van der Waals surface area contributed by atoms with Crippen LogP contribution in [0.5, 0.6) is 0 Å². The predicted molar refractivity (Wildman–Crippen MR) is 13.5 cm³/mol. The third-order valence-corrected chi connectivity index (χ3v) is 0. The van der Waals surface area contributed by atoms with E-state index in [-0.39, 0.29) is 59.1 Å². The summed E-state index contributed by atoms with van der Waals surface area (Å²) in [7, 11) is 1.00. The van der Waals surface area contributed by atoms with Crippen molar-refractivity contribution in [3.05, 3.63) is 0 Å². The van der Waals surface area contributed by atoms with Crippen LogP contribution in [0.25, 0.3) is 0 Å². The first-order valence-electron chi connectivity index (χ1n) is 1.06. The minimum Gasteiger partial charge on any atom is -0.652 e. The second kappa shape index (κ2) is 24.0. The van der Waals surface area contributed by atoms with Crippen molar-refractivity contribution in [2.75, 3.05) is 7.11 Å². The number of carbonyl (C=O) groups is 1. The van der Waals surface area contributed by atoms with Crippen LogP contribution in [-0.4, -0.2) is 18.4 Å². The summed E-state index contributed by atoms with van der Waals surface area (Å²) in [6.45, 7) is 0. The molecule has 0 rings (SSSR count). The van der Waals surface area contributed by atoms with Crippen molar-refractivity contribution in [1.29, 1.82) is 0 Å². The van der Waals surface area contributed by atoms with Gasteiger partial charge in [-0.2, -0.15) is 0 Å². The van der Waals surface area contributed by atoms with Crippen LogP contribution in [-0.2, 0) is 0 Å². The van der Waals surface area contributed by atoms with E-state index in [1.807, 2.05) is 0 Å². The molecule has 0 saturated heterocycles. The molecule has 8 heavy (non-hydrogen) atoms. The fourth-order valence-corrected chi connectivity index (χ4v) is 0. The van der Waals surface area contributed by atoms with Crippen molar-refractivity contribution < 1.29 is 79.2 Å². The van der Waals surface area contributed by atoms with Crippen LogP contribution in [0.1, 0.15) is 0 Å². The van der Waals surface area contributed by atoms with Crippen LogP contribution in [0, 0.1) is 0 Å². The minimum absolute atomic E-state index is 0. The van der Waals surface area contributed by atoms with Crippen molar-refractivity contribution >= 4 is 6.16 Å². The predicted octanol–water partition coefficient (Wildman–Crippen LogP) is -8.83. The van der Waals surface area contributed by atoms with Crippen molar-refractivity contribution in [3.63, 3.8) is 0 Å². The summed E-state index contributed by atoms with van der Waals surface area (Å²) >= 11 is 0. The molecule has 0 aromatic rings. The van der Waals surface area contributed by atoms with Gasteiger partial charge in [-0.25, -0.2) is 0 Å². The Morgan fingerprint density at radius 3 is 1.25 bits per heavy atom. The maximum absolute atomic E-state index is 8.33. The monoisotopic (exact) mass is 138 g/mol. The zero-order valence-corrected chi connectivity index (χ0v) is 9.17. The Morgan fingerprint density at radius 1 is 1.25 bits per heavy atom. The van der Waals surface area contributed by atoms with Gasteiger partial charge in [-0.15, -0.1) is 0 Å². The second-order valence-electron chi connectivity index (χ2n) is 0.250.